The summed E-state index contributed by atoms with van der Waals surface area (Å²) in [5.74, 6) is 0. The van der Waals surface area contributed by atoms with E-state index in [1.54, 1.807) is 26.0 Å². The average molecular weight is 309 g/mol. The minimum Gasteiger partial charge on any atom is -0.371 e. The number of hydrogen-bond donors (Lipinski definition) is 2. The van der Waals surface area contributed by atoms with Crippen LogP contribution >= 0.6 is 12.2 Å². The monoisotopic (exact) mass is 309 g/mol. The van der Waals surface area contributed by atoms with E-state index in [0.717, 1.165) is 0 Å². The summed E-state index contributed by atoms with van der Waals surface area (Å²) in [5.41, 5.74) is -0.731. The van der Waals surface area contributed by atoms with E-state index in [1.807, 2.05) is 13.8 Å². The molecule has 1 heterocycles. The van der Waals surface area contributed by atoms with E-state index >= 15 is 0 Å². The van der Waals surface area contributed by atoms with Gasteiger partial charge >= 0.3 is 0 Å². The topological polar surface area (TPSA) is 78.6 Å². The molecule has 1 aromatic rings. The summed E-state index contributed by atoms with van der Waals surface area (Å²) in [5, 5.41) is 25.5. The van der Waals surface area contributed by atoms with Crippen molar-refractivity contribution < 1.29 is 10.0 Å². The molecule has 114 valence electrons. The zero-order valence-electron chi connectivity index (χ0n) is 12.5. The molecule has 7 heteroatoms. The standard InChI is InChI=1S/C14H19N3O3S/c1-9-6-5-7-10(17(19)20)11(9)16-12(21)15-13(2,3)8-14(16,4)18/h5-7,18H,8H2,1-4H3,(H,15,21)/t14-/m0/s1. The lowest BCUT2D eigenvalue weighted by atomic mass is 9.89. The van der Waals surface area contributed by atoms with Gasteiger partial charge in [-0.3, -0.25) is 15.0 Å². The number of hydrogen-bond acceptors (Lipinski definition) is 4. The molecule has 1 atom stereocenters. The van der Waals surface area contributed by atoms with Gasteiger partial charge in [0.25, 0.3) is 5.69 Å². The quantitative estimate of drug-likeness (QED) is 0.496. The zero-order chi connectivity index (χ0) is 16.0. The molecule has 0 saturated carbocycles. The van der Waals surface area contributed by atoms with Gasteiger partial charge in [0.2, 0.25) is 0 Å². The van der Waals surface area contributed by atoms with Crippen molar-refractivity contribution in [3.05, 3.63) is 33.9 Å². The number of nitro benzene ring substituents is 1. The number of rotatable bonds is 2. The van der Waals surface area contributed by atoms with E-state index in [1.165, 1.54) is 11.0 Å². The summed E-state index contributed by atoms with van der Waals surface area (Å²) < 4.78 is 0. The molecule has 0 aromatic heterocycles. The minimum absolute atomic E-state index is 0.0702. The first-order chi connectivity index (χ1) is 9.55. The first-order valence-corrected chi connectivity index (χ1v) is 7.05. The number of nitrogens with zero attached hydrogens (tertiary/aromatic N) is 2. The molecule has 6 nitrogen and oxygen atoms in total. The van der Waals surface area contributed by atoms with Crippen molar-refractivity contribution in [1.82, 2.24) is 5.32 Å². The van der Waals surface area contributed by atoms with E-state index in [0.29, 0.717) is 17.7 Å². The van der Waals surface area contributed by atoms with Gasteiger partial charge < -0.3 is 10.4 Å². The van der Waals surface area contributed by atoms with Crippen molar-refractivity contribution >= 4 is 28.7 Å². The number of thiocarbonyl (C=S) groups is 1. The number of aliphatic hydroxyl groups is 1. The van der Waals surface area contributed by atoms with Gasteiger partial charge in [0.15, 0.2) is 5.11 Å². The van der Waals surface area contributed by atoms with Crippen LogP contribution in [0.1, 0.15) is 32.8 Å². The molecule has 2 N–H and O–H groups in total. The highest BCUT2D eigenvalue weighted by molar-refractivity contribution is 7.80. The van der Waals surface area contributed by atoms with Crippen molar-refractivity contribution in [2.75, 3.05) is 4.90 Å². The Balaban J connectivity index is 2.61. The molecule has 1 aliphatic heterocycles. The van der Waals surface area contributed by atoms with Gasteiger partial charge in [-0.15, -0.1) is 0 Å². The van der Waals surface area contributed by atoms with E-state index in [4.69, 9.17) is 12.2 Å². The summed E-state index contributed by atoms with van der Waals surface area (Å²) >= 11 is 5.35. The number of nitro groups is 1. The summed E-state index contributed by atoms with van der Waals surface area (Å²) in [6.45, 7) is 7.24. The van der Waals surface area contributed by atoms with Crippen LogP contribution in [0.5, 0.6) is 0 Å². The number of aryl methyl sites for hydroxylation is 1. The SMILES string of the molecule is Cc1cccc([N+](=O)[O-])c1N1C(=S)NC(C)(C)C[C@]1(C)O. The first kappa shape index (κ1) is 15.7. The average Bonchev–Trinajstić information content (AvgIpc) is 2.26. The molecule has 1 aromatic carbocycles. The van der Waals surface area contributed by atoms with Gasteiger partial charge in [-0.25, -0.2) is 0 Å². The Morgan fingerprint density at radius 2 is 2.05 bits per heavy atom. The molecule has 0 spiro atoms. The predicted octanol–water partition coefficient (Wildman–Crippen LogP) is 2.47. The van der Waals surface area contributed by atoms with Gasteiger partial charge in [0, 0.05) is 18.0 Å². The summed E-state index contributed by atoms with van der Waals surface area (Å²) in [4.78, 5) is 12.3. The highest BCUT2D eigenvalue weighted by atomic mass is 32.1. The third-order valence-corrected chi connectivity index (χ3v) is 3.83. The normalized spacial score (nSPS) is 24.6. The molecular formula is C14H19N3O3S. The lowest BCUT2D eigenvalue weighted by Crippen LogP contribution is -2.67. The van der Waals surface area contributed by atoms with E-state index in [2.05, 4.69) is 5.32 Å². The molecule has 0 amide bonds. The number of para-hydroxylation sites is 1. The van der Waals surface area contributed by atoms with Crippen LogP contribution in [0.25, 0.3) is 0 Å². The summed E-state index contributed by atoms with van der Waals surface area (Å²) in [6.07, 6.45) is 0.381. The Morgan fingerprint density at radius 3 is 2.57 bits per heavy atom. The fourth-order valence-corrected chi connectivity index (χ4v) is 3.51. The highest BCUT2D eigenvalue weighted by Crippen LogP contribution is 2.40. The van der Waals surface area contributed by atoms with Crippen LogP contribution in [0.15, 0.2) is 18.2 Å². The molecule has 0 aliphatic carbocycles. The Morgan fingerprint density at radius 1 is 1.43 bits per heavy atom. The lowest BCUT2D eigenvalue weighted by Gasteiger charge is -2.49. The van der Waals surface area contributed by atoms with Crippen LogP contribution in [0.4, 0.5) is 11.4 Å². The van der Waals surface area contributed by atoms with Gasteiger partial charge in [-0.2, -0.15) is 0 Å². The molecule has 1 aliphatic rings. The van der Waals surface area contributed by atoms with Gasteiger partial charge in [0.05, 0.1) is 4.92 Å². The van der Waals surface area contributed by atoms with Gasteiger partial charge in [-0.05, 0) is 45.5 Å². The molecule has 0 bridgehead atoms. The number of anilines is 1. The predicted molar refractivity (Wildman–Crippen MR) is 85.4 cm³/mol. The Bertz CT molecular complexity index is 613. The second-order valence-electron chi connectivity index (χ2n) is 6.24. The van der Waals surface area contributed by atoms with Crippen LogP contribution < -0.4 is 10.2 Å². The van der Waals surface area contributed by atoms with E-state index in [9.17, 15) is 15.2 Å². The molecule has 0 unspecified atom stereocenters. The fraction of sp³-hybridized carbons (Fsp3) is 0.500. The maximum absolute atomic E-state index is 11.3. The minimum atomic E-state index is -1.30. The second-order valence-corrected chi connectivity index (χ2v) is 6.63. The fourth-order valence-electron chi connectivity index (χ4n) is 2.95. The Labute approximate surface area is 128 Å². The van der Waals surface area contributed by atoms with Crippen molar-refractivity contribution in [2.24, 2.45) is 0 Å². The Kier molecular flexibility index (Phi) is 3.67. The van der Waals surface area contributed by atoms with Crippen LogP contribution in [0.3, 0.4) is 0 Å². The lowest BCUT2D eigenvalue weighted by molar-refractivity contribution is -0.384. The number of nitrogens with one attached hydrogen (secondary N) is 1. The molecule has 1 fully saturated rings. The largest absolute Gasteiger partial charge is 0.371 e. The van der Waals surface area contributed by atoms with Crippen LogP contribution in [-0.4, -0.2) is 26.4 Å². The first-order valence-electron chi connectivity index (χ1n) is 6.64. The van der Waals surface area contributed by atoms with Crippen LogP contribution in [0.2, 0.25) is 0 Å². The van der Waals surface area contributed by atoms with Crippen molar-refractivity contribution in [3.8, 4) is 0 Å². The van der Waals surface area contributed by atoms with Crippen molar-refractivity contribution in [3.63, 3.8) is 0 Å². The third-order valence-electron chi connectivity index (χ3n) is 3.54. The maximum atomic E-state index is 11.3. The van der Waals surface area contributed by atoms with Crippen molar-refractivity contribution in [1.29, 1.82) is 0 Å². The van der Waals surface area contributed by atoms with E-state index < -0.39 is 10.6 Å². The Hall–Kier alpha value is -1.73. The molecule has 21 heavy (non-hydrogen) atoms. The molecular weight excluding hydrogens is 290 g/mol. The van der Waals surface area contributed by atoms with Gasteiger partial charge in [-0.1, -0.05) is 12.1 Å². The smallest absolute Gasteiger partial charge is 0.293 e. The zero-order valence-corrected chi connectivity index (χ0v) is 13.3. The van der Waals surface area contributed by atoms with Crippen molar-refractivity contribution in [2.45, 2.75) is 45.4 Å². The molecule has 2 rings (SSSR count). The molecule has 0 radical (unpaired) electrons. The second kappa shape index (κ2) is 4.92. The highest BCUT2D eigenvalue weighted by Gasteiger charge is 2.46. The summed E-state index contributed by atoms with van der Waals surface area (Å²) in [7, 11) is 0. The maximum Gasteiger partial charge on any atom is 0.293 e. The molecule has 1 saturated heterocycles. The van der Waals surface area contributed by atoms with Crippen LogP contribution in [0, 0.1) is 17.0 Å². The summed E-state index contributed by atoms with van der Waals surface area (Å²) in [6, 6.07) is 4.80. The third kappa shape index (κ3) is 2.84. The van der Waals surface area contributed by atoms with Crippen LogP contribution in [-0.2, 0) is 0 Å². The number of benzene rings is 1. The van der Waals surface area contributed by atoms with Gasteiger partial charge in [0.1, 0.15) is 11.4 Å². The van der Waals surface area contributed by atoms with E-state index in [-0.39, 0.29) is 16.3 Å².